The van der Waals surface area contributed by atoms with Gasteiger partial charge in [0.25, 0.3) is 0 Å². The molecule has 11 nitrogen and oxygen atoms in total. The molecule has 2 atom stereocenters. The first kappa shape index (κ1) is 33.7. The molecule has 0 bridgehead atoms. The van der Waals surface area contributed by atoms with E-state index in [0.717, 1.165) is 57.2 Å². The highest BCUT2D eigenvalue weighted by atomic mass is 32.2. The van der Waals surface area contributed by atoms with Crippen LogP contribution in [0.4, 0.5) is 30.5 Å². The van der Waals surface area contributed by atoms with E-state index in [-0.39, 0.29) is 29.9 Å². The molecular formula is C29H42F3N7O4S. The normalized spacial score (nSPS) is 20.1. The first-order chi connectivity index (χ1) is 20.7. The molecule has 1 amide bonds. The van der Waals surface area contributed by atoms with Gasteiger partial charge in [-0.3, -0.25) is 9.69 Å². The second kappa shape index (κ2) is 13.9. The van der Waals surface area contributed by atoms with E-state index in [1.807, 2.05) is 12.1 Å². The fourth-order valence-corrected chi connectivity index (χ4v) is 6.64. The third-order valence-corrected chi connectivity index (χ3v) is 9.83. The Morgan fingerprint density at radius 2 is 1.80 bits per heavy atom. The van der Waals surface area contributed by atoms with E-state index in [9.17, 15) is 26.4 Å². The number of ether oxygens (including phenoxy) is 1. The number of amides is 1. The van der Waals surface area contributed by atoms with Gasteiger partial charge in [-0.1, -0.05) is 12.8 Å². The van der Waals surface area contributed by atoms with E-state index in [4.69, 9.17) is 4.74 Å². The molecule has 1 saturated heterocycles. The van der Waals surface area contributed by atoms with Crippen molar-refractivity contribution < 1.29 is 31.1 Å². The van der Waals surface area contributed by atoms with Crippen LogP contribution in [0, 0.1) is 5.92 Å². The number of benzene rings is 1. The van der Waals surface area contributed by atoms with Gasteiger partial charge < -0.3 is 19.9 Å². The van der Waals surface area contributed by atoms with E-state index in [0.29, 0.717) is 30.8 Å². The van der Waals surface area contributed by atoms with Gasteiger partial charge >= 0.3 is 6.18 Å². The molecule has 0 unspecified atom stereocenters. The number of alkyl halides is 3. The first-order valence-corrected chi connectivity index (χ1v) is 16.5. The summed E-state index contributed by atoms with van der Waals surface area (Å²) in [5, 5.41) is 3.02. The highest BCUT2D eigenvalue weighted by molar-refractivity contribution is 7.88. The topological polar surface area (TPSA) is 111 Å². The molecule has 2 heterocycles. The second-order valence-corrected chi connectivity index (χ2v) is 13.7. The number of carbonyl (C=O) groups is 1. The van der Waals surface area contributed by atoms with E-state index < -0.39 is 27.8 Å². The molecular weight excluding hydrogens is 599 g/mol. The minimum atomic E-state index is -4.66. The summed E-state index contributed by atoms with van der Waals surface area (Å²) in [5.41, 5.74) is 0.306. The van der Waals surface area contributed by atoms with Crippen LogP contribution in [0.5, 0.6) is 5.75 Å². The Bertz CT molecular complexity index is 1420. The van der Waals surface area contributed by atoms with Crippen molar-refractivity contribution in [2.75, 3.05) is 77.4 Å². The van der Waals surface area contributed by atoms with Crippen molar-refractivity contribution in [3.63, 3.8) is 0 Å². The molecule has 1 aromatic carbocycles. The quantitative estimate of drug-likeness (QED) is 0.417. The number of sulfonamides is 1. The third kappa shape index (κ3) is 8.30. The Kier molecular flexibility index (Phi) is 10.6. The lowest BCUT2D eigenvalue weighted by atomic mass is 9.81. The number of anilines is 3. The fourth-order valence-electron chi connectivity index (χ4n) is 5.87. The summed E-state index contributed by atoms with van der Waals surface area (Å²) in [6.07, 6.45) is 0.00360. The summed E-state index contributed by atoms with van der Waals surface area (Å²) in [5.74, 6) is 0.202. The van der Waals surface area contributed by atoms with E-state index in [2.05, 4.69) is 25.1 Å². The number of methoxy groups -OCH3 is 1. The Morgan fingerprint density at radius 3 is 2.41 bits per heavy atom. The number of rotatable bonds is 10. The van der Waals surface area contributed by atoms with Gasteiger partial charge in [0, 0.05) is 71.3 Å². The number of hydrogen-bond donors (Lipinski definition) is 1. The summed E-state index contributed by atoms with van der Waals surface area (Å²) in [7, 11) is 2.96. The van der Waals surface area contributed by atoms with Crippen LogP contribution in [0.2, 0.25) is 0 Å². The average Bonchev–Trinajstić information content (AvgIpc) is 2.96. The number of nitrogens with zero attached hydrogens (tertiary/aromatic N) is 6. The molecule has 0 spiro atoms. The maximum atomic E-state index is 14.0. The molecule has 2 aliphatic rings. The maximum absolute atomic E-state index is 14.0. The van der Waals surface area contributed by atoms with Crippen molar-refractivity contribution >= 4 is 33.3 Å². The number of likely N-dealkylation sites (N-methyl/N-ethyl adjacent to an activating group) is 1. The SMILES string of the molecule is COc1cc(N2CCN(CC(=O)N(C)C)CC2)ccc1Nc1ncc(C(F)(F)F)c(C[C@@H]2CCCC[C@H]2N(C)S(C)(=O)=O)n1. The van der Waals surface area contributed by atoms with Gasteiger partial charge in [-0.25, -0.2) is 22.7 Å². The summed E-state index contributed by atoms with van der Waals surface area (Å²) < 4.78 is 73.4. The van der Waals surface area contributed by atoms with Gasteiger partial charge in [0.05, 0.1) is 36.9 Å². The van der Waals surface area contributed by atoms with E-state index in [1.54, 1.807) is 25.1 Å². The standard InChI is InChI=1S/C29H42F3N7O4S/c1-36(2)27(40)19-38-12-14-39(15-13-38)21-10-11-23(26(17-21)43-4)34-28-33-18-22(29(30,31)32)24(35-28)16-20-8-6-7-9-25(20)37(3)44(5,41)42/h10-11,17-18,20,25H,6-9,12-16,19H2,1-5H3,(H,33,34,35)/t20-,25+/m0/s1. The predicted octanol–water partition coefficient (Wildman–Crippen LogP) is 3.45. The summed E-state index contributed by atoms with van der Waals surface area (Å²) in [6, 6.07) is 5.11. The van der Waals surface area contributed by atoms with Gasteiger partial charge in [0.2, 0.25) is 21.9 Å². The molecule has 1 aliphatic carbocycles. The lowest BCUT2D eigenvalue weighted by Gasteiger charge is -2.37. The highest BCUT2D eigenvalue weighted by Gasteiger charge is 2.38. The van der Waals surface area contributed by atoms with Gasteiger partial charge in [-0.05, 0) is 37.3 Å². The molecule has 1 aliphatic heterocycles. The minimum Gasteiger partial charge on any atom is -0.494 e. The molecule has 0 radical (unpaired) electrons. The zero-order valence-corrected chi connectivity index (χ0v) is 26.7. The van der Waals surface area contributed by atoms with Crippen molar-refractivity contribution in [3.05, 3.63) is 35.7 Å². The Morgan fingerprint density at radius 1 is 1.11 bits per heavy atom. The van der Waals surface area contributed by atoms with Gasteiger partial charge in [-0.2, -0.15) is 13.2 Å². The molecule has 2 aromatic rings. The average molecular weight is 642 g/mol. The molecule has 2 fully saturated rings. The van der Waals surface area contributed by atoms with Crippen LogP contribution in [0.25, 0.3) is 0 Å². The van der Waals surface area contributed by atoms with E-state index in [1.165, 1.54) is 18.5 Å². The molecule has 1 saturated carbocycles. The third-order valence-electron chi connectivity index (χ3n) is 8.51. The van der Waals surface area contributed by atoms with Crippen LogP contribution in [-0.4, -0.2) is 112 Å². The monoisotopic (exact) mass is 641 g/mol. The molecule has 44 heavy (non-hydrogen) atoms. The van der Waals surface area contributed by atoms with Gasteiger partial charge in [0.1, 0.15) is 5.75 Å². The lowest BCUT2D eigenvalue weighted by Crippen LogP contribution is -2.49. The number of nitrogens with one attached hydrogen (secondary N) is 1. The number of aromatic nitrogens is 2. The van der Waals surface area contributed by atoms with Crippen molar-refractivity contribution in [2.24, 2.45) is 5.92 Å². The molecule has 15 heteroatoms. The van der Waals surface area contributed by atoms with Crippen LogP contribution in [-0.2, 0) is 27.4 Å². The fraction of sp³-hybridized carbons (Fsp3) is 0.621. The van der Waals surface area contributed by atoms with E-state index >= 15 is 0 Å². The zero-order valence-electron chi connectivity index (χ0n) is 25.9. The second-order valence-electron chi connectivity index (χ2n) is 11.7. The van der Waals surface area contributed by atoms with Crippen LogP contribution >= 0.6 is 0 Å². The number of halogens is 3. The molecule has 244 valence electrons. The maximum Gasteiger partial charge on any atom is 0.419 e. The zero-order chi connectivity index (χ0) is 32.2. The predicted molar refractivity (Wildman–Crippen MR) is 163 cm³/mol. The lowest BCUT2D eigenvalue weighted by molar-refractivity contribution is -0.138. The summed E-state index contributed by atoms with van der Waals surface area (Å²) in [4.78, 5) is 26.2. The van der Waals surface area contributed by atoms with Crippen molar-refractivity contribution in [2.45, 2.75) is 44.3 Å². The smallest absolute Gasteiger partial charge is 0.419 e. The van der Waals surface area contributed by atoms with Gasteiger partial charge in [-0.15, -0.1) is 0 Å². The van der Waals surface area contributed by atoms with Crippen molar-refractivity contribution in [1.29, 1.82) is 0 Å². The summed E-state index contributed by atoms with van der Waals surface area (Å²) in [6.45, 7) is 3.27. The van der Waals surface area contributed by atoms with Crippen LogP contribution in [0.15, 0.2) is 24.4 Å². The molecule has 4 rings (SSSR count). The van der Waals surface area contributed by atoms with Crippen molar-refractivity contribution in [3.8, 4) is 5.75 Å². The Labute approximate surface area is 257 Å². The number of piperazine rings is 1. The van der Waals surface area contributed by atoms with Crippen molar-refractivity contribution in [1.82, 2.24) is 24.1 Å². The molecule has 1 N–H and O–H groups in total. The minimum absolute atomic E-state index is 0.0120. The summed E-state index contributed by atoms with van der Waals surface area (Å²) >= 11 is 0. The largest absolute Gasteiger partial charge is 0.494 e. The highest BCUT2D eigenvalue weighted by Crippen LogP contribution is 2.37. The molecule has 1 aromatic heterocycles. The van der Waals surface area contributed by atoms with Crippen LogP contribution in [0.3, 0.4) is 0 Å². The van der Waals surface area contributed by atoms with Gasteiger partial charge in [0.15, 0.2) is 0 Å². The Balaban J connectivity index is 1.52. The first-order valence-electron chi connectivity index (χ1n) is 14.7. The number of carbonyl (C=O) groups excluding carboxylic acids is 1. The van der Waals surface area contributed by atoms with Crippen LogP contribution < -0.4 is 15.0 Å². The van der Waals surface area contributed by atoms with Crippen LogP contribution in [0.1, 0.15) is 36.9 Å². The number of hydrogen-bond acceptors (Lipinski definition) is 9. The Hall–Kier alpha value is -3.17.